The van der Waals surface area contributed by atoms with Gasteiger partial charge in [-0.3, -0.25) is 24.0 Å². The molecule has 1 saturated heterocycles. The number of carbonyl (C=O) groups excluding carboxylic acids is 5. The number of hydrogen-bond acceptors (Lipinski definition) is 5. The summed E-state index contributed by atoms with van der Waals surface area (Å²) >= 11 is 3.96. The van der Waals surface area contributed by atoms with E-state index in [0.29, 0.717) is 25.8 Å². The second kappa shape index (κ2) is 16.7. The molecule has 10 heteroatoms. The van der Waals surface area contributed by atoms with Gasteiger partial charge in [-0.25, -0.2) is 0 Å². The van der Waals surface area contributed by atoms with Crippen LogP contribution in [0.5, 0.6) is 0 Å². The molecule has 0 spiro atoms. The first kappa shape index (κ1) is 32.8. The summed E-state index contributed by atoms with van der Waals surface area (Å²) in [7, 11) is 0. The van der Waals surface area contributed by atoms with Gasteiger partial charge in [0.05, 0.1) is 6.04 Å². The second-order valence-corrected chi connectivity index (χ2v) is 11.7. The van der Waals surface area contributed by atoms with Crippen LogP contribution in [0, 0.1) is 11.8 Å². The van der Waals surface area contributed by atoms with Crippen LogP contribution in [-0.2, 0) is 36.8 Å². The number of thiol groups is 1. The van der Waals surface area contributed by atoms with Crippen LogP contribution in [0.15, 0.2) is 60.7 Å². The Morgan fingerprint density at radius 2 is 1.45 bits per heavy atom. The molecule has 1 fully saturated rings. The molecule has 1 aliphatic heterocycles. The van der Waals surface area contributed by atoms with Crippen molar-refractivity contribution >= 4 is 41.4 Å². The Labute approximate surface area is 253 Å². The minimum atomic E-state index is -0.973. The summed E-state index contributed by atoms with van der Waals surface area (Å²) in [6, 6.07) is 16.1. The van der Waals surface area contributed by atoms with Crippen molar-refractivity contribution in [1.29, 1.82) is 0 Å². The number of hydrogen-bond donors (Lipinski definition) is 5. The average molecular weight is 595 g/mol. The number of amides is 4. The van der Waals surface area contributed by atoms with Crippen molar-refractivity contribution in [3.05, 3.63) is 71.8 Å². The molecule has 0 aromatic heterocycles. The Hall–Kier alpha value is -3.66. The van der Waals surface area contributed by atoms with Gasteiger partial charge in [0.15, 0.2) is 0 Å². The third kappa shape index (κ3) is 11.0. The fourth-order valence-corrected chi connectivity index (χ4v) is 5.21. The van der Waals surface area contributed by atoms with Gasteiger partial charge in [0, 0.05) is 25.3 Å². The molecule has 0 radical (unpaired) electrons. The number of aryl methyl sites for hydroxylation is 1. The molecule has 1 aliphatic rings. The maximum Gasteiger partial charge on any atom is 0.243 e. The van der Waals surface area contributed by atoms with E-state index in [1.165, 1.54) is 0 Å². The van der Waals surface area contributed by atoms with Gasteiger partial charge in [0.25, 0.3) is 0 Å². The van der Waals surface area contributed by atoms with E-state index in [4.69, 9.17) is 0 Å². The second-order valence-electron chi connectivity index (χ2n) is 11.3. The van der Waals surface area contributed by atoms with Gasteiger partial charge < -0.3 is 21.3 Å². The lowest BCUT2D eigenvalue weighted by atomic mass is 9.91. The summed E-state index contributed by atoms with van der Waals surface area (Å²) < 4.78 is 0. The monoisotopic (exact) mass is 594 g/mol. The molecule has 0 saturated carbocycles. The molecule has 4 atom stereocenters. The number of piperidine rings is 1. The summed E-state index contributed by atoms with van der Waals surface area (Å²) in [5.41, 5.74) is 1.88. The molecule has 2 aromatic rings. The molecule has 4 N–H and O–H groups in total. The summed E-state index contributed by atoms with van der Waals surface area (Å²) in [5.74, 6) is -1.80. The lowest BCUT2D eigenvalue weighted by molar-refractivity contribution is -0.133. The molecule has 0 aliphatic carbocycles. The number of benzene rings is 2. The highest BCUT2D eigenvalue weighted by atomic mass is 32.1. The van der Waals surface area contributed by atoms with Crippen molar-refractivity contribution in [2.75, 3.05) is 6.54 Å². The van der Waals surface area contributed by atoms with Crippen molar-refractivity contribution < 1.29 is 24.0 Å². The van der Waals surface area contributed by atoms with Crippen molar-refractivity contribution in [3.8, 4) is 0 Å². The van der Waals surface area contributed by atoms with E-state index in [-0.39, 0.29) is 37.0 Å². The largest absolute Gasteiger partial charge is 0.356 e. The third-order valence-electron chi connectivity index (χ3n) is 7.29. The van der Waals surface area contributed by atoms with Gasteiger partial charge in [0.2, 0.25) is 28.7 Å². The van der Waals surface area contributed by atoms with Crippen LogP contribution >= 0.6 is 12.6 Å². The van der Waals surface area contributed by atoms with Crippen LogP contribution < -0.4 is 21.3 Å². The van der Waals surface area contributed by atoms with Gasteiger partial charge in [-0.05, 0) is 49.1 Å². The van der Waals surface area contributed by atoms with E-state index >= 15 is 0 Å². The zero-order valence-corrected chi connectivity index (χ0v) is 25.2. The van der Waals surface area contributed by atoms with E-state index in [2.05, 4.69) is 33.9 Å². The predicted octanol–water partition coefficient (Wildman–Crippen LogP) is 2.74. The number of rotatable bonds is 15. The van der Waals surface area contributed by atoms with Crippen LogP contribution in [-0.4, -0.2) is 53.4 Å². The van der Waals surface area contributed by atoms with Crippen LogP contribution in [0.4, 0.5) is 0 Å². The van der Waals surface area contributed by atoms with Crippen molar-refractivity contribution in [3.63, 3.8) is 0 Å². The molecule has 2 aromatic carbocycles. The van der Waals surface area contributed by atoms with Crippen molar-refractivity contribution in [2.24, 2.45) is 11.8 Å². The number of carbonyl (C=O) groups is 5. The quantitative estimate of drug-likeness (QED) is 0.202. The molecule has 4 amide bonds. The Morgan fingerprint density at radius 3 is 2.05 bits per heavy atom. The zero-order chi connectivity index (χ0) is 30.5. The predicted molar refractivity (Wildman–Crippen MR) is 164 cm³/mol. The average Bonchev–Trinajstić information content (AvgIpc) is 2.96. The van der Waals surface area contributed by atoms with E-state index < -0.39 is 41.0 Å². The molecule has 226 valence electrons. The molecule has 42 heavy (non-hydrogen) atoms. The Balaban J connectivity index is 1.71. The van der Waals surface area contributed by atoms with Gasteiger partial charge in [0.1, 0.15) is 12.1 Å². The van der Waals surface area contributed by atoms with Gasteiger partial charge in [-0.1, -0.05) is 74.5 Å². The zero-order valence-electron chi connectivity index (χ0n) is 24.3. The van der Waals surface area contributed by atoms with Crippen molar-refractivity contribution in [1.82, 2.24) is 21.3 Å². The first-order chi connectivity index (χ1) is 20.1. The molecule has 0 unspecified atom stereocenters. The Morgan fingerprint density at radius 1 is 0.857 bits per heavy atom. The fraction of sp³-hybridized carbons (Fsp3) is 0.469. The number of nitrogens with one attached hydrogen (secondary N) is 4. The minimum Gasteiger partial charge on any atom is -0.356 e. The minimum absolute atomic E-state index is 0.0448. The highest BCUT2D eigenvalue weighted by Gasteiger charge is 2.32. The summed E-state index contributed by atoms with van der Waals surface area (Å²) in [6.45, 7) is 4.44. The summed E-state index contributed by atoms with van der Waals surface area (Å²) in [6.07, 6.45) is 2.85. The van der Waals surface area contributed by atoms with Crippen molar-refractivity contribution in [2.45, 2.75) is 76.9 Å². The maximum atomic E-state index is 13.6. The van der Waals surface area contributed by atoms with Gasteiger partial charge >= 0.3 is 0 Å². The van der Waals surface area contributed by atoms with Crippen LogP contribution in [0.25, 0.3) is 0 Å². The SMILES string of the molecule is CC(C)C[C@H](NC(=O)[C@H](Cc1ccccc1)NC(=O)CCc1ccccc1)C(=O)N[C@@H](C[C@@H]1CCCNC1=O)C(=O)S. The van der Waals surface area contributed by atoms with E-state index in [1.807, 2.05) is 74.5 Å². The molecule has 9 nitrogen and oxygen atoms in total. The lowest BCUT2D eigenvalue weighted by Crippen LogP contribution is -2.56. The van der Waals surface area contributed by atoms with E-state index in [9.17, 15) is 24.0 Å². The topological polar surface area (TPSA) is 133 Å². The van der Waals surface area contributed by atoms with E-state index in [1.54, 1.807) is 0 Å². The maximum absolute atomic E-state index is 13.6. The van der Waals surface area contributed by atoms with Gasteiger partial charge in [-0.2, -0.15) is 0 Å². The molecular weight excluding hydrogens is 552 g/mol. The molecule has 1 heterocycles. The lowest BCUT2D eigenvalue weighted by Gasteiger charge is -2.28. The molecular formula is C32H42N4O5S. The van der Waals surface area contributed by atoms with Crippen LogP contribution in [0.3, 0.4) is 0 Å². The first-order valence-electron chi connectivity index (χ1n) is 14.6. The fourth-order valence-electron chi connectivity index (χ4n) is 5.04. The summed E-state index contributed by atoms with van der Waals surface area (Å²) in [4.78, 5) is 64.5. The Kier molecular flexibility index (Phi) is 13.1. The Bertz CT molecular complexity index is 1210. The first-order valence-corrected chi connectivity index (χ1v) is 15.1. The third-order valence-corrected chi connectivity index (χ3v) is 7.60. The highest BCUT2D eigenvalue weighted by molar-refractivity contribution is 7.96. The molecule has 3 rings (SSSR count). The molecule has 0 bridgehead atoms. The van der Waals surface area contributed by atoms with Crippen LogP contribution in [0.1, 0.15) is 57.1 Å². The highest BCUT2D eigenvalue weighted by Crippen LogP contribution is 2.19. The van der Waals surface area contributed by atoms with E-state index in [0.717, 1.165) is 17.5 Å². The normalized spacial score (nSPS) is 17.0. The summed E-state index contributed by atoms with van der Waals surface area (Å²) in [5, 5.41) is 10.6. The van der Waals surface area contributed by atoms with Gasteiger partial charge in [-0.15, -0.1) is 12.6 Å². The smallest absolute Gasteiger partial charge is 0.243 e. The van der Waals surface area contributed by atoms with Crippen LogP contribution in [0.2, 0.25) is 0 Å². The standard InChI is InChI=1S/C32H42N4O5S/c1-21(2)18-25(30(39)36-27(32(41)42)20-24-14-9-17-33-29(24)38)35-31(40)26(19-23-12-7-4-8-13-23)34-28(37)16-15-22-10-5-3-6-11-22/h3-8,10-13,21,24-27H,9,14-20H2,1-2H3,(H,33,38)(H,34,37)(H,35,40)(H,36,39)(H,41,42)/t24-,25-,26-,27-/m0/s1.